The smallest absolute Gasteiger partial charge is 0.410 e. The summed E-state index contributed by atoms with van der Waals surface area (Å²) < 4.78 is 13.2. The minimum Gasteiger partial charge on any atom is -0.448 e. The van der Waals surface area contributed by atoms with Gasteiger partial charge in [-0.3, -0.25) is 4.90 Å². The first kappa shape index (κ1) is 22.9. The zero-order chi connectivity index (χ0) is 25.9. The number of aliphatic hydroxyl groups is 1. The molecule has 2 fully saturated rings. The Labute approximate surface area is 218 Å². The van der Waals surface area contributed by atoms with Crippen LogP contribution in [-0.4, -0.2) is 62.6 Å². The molecule has 1 aliphatic carbocycles. The van der Waals surface area contributed by atoms with Gasteiger partial charge in [0.1, 0.15) is 18.2 Å². The number of nitriles is 1. The van der Waals surface area contributed by atoms with E-state index in [2.05, 4.69) is 40.4 Å². The maximum atomic E-state index is 13.5. The van der Waals surface area contributed by atoms with Crippen molar-refractivity contribution in [2.75, 3.05) is 19.8 Å². The molecule has 2 aromatic heterocycles. The van der Waals surface area contributed by atoms with Gasteiger partial charge in [-0.25, -0.2) is 14.3 Å². The second kappa shape index (κ2) is 8.65. The summed E-state index contributed by atoms with van der Waals surface area (Å²) in [7, 11) is 0. The van der Waals surface area contributed by atoms with Crippen LogP contribution < -0.4 is 0 Å². The highest BCUT2D eigenvalue weighted by Crippen LogP contribution is 2.45. The van der Waals surface area contributed by atoms with Crippen molar-refractivity contribution in [3.63, 3.8) is 0 Å². The van der Waals surface area contributed by atoms with Gasteiger partial charge in [0, 0.05) is 36.7 Å². The van der Waals surface area contributed by atoms with Crippen molar-refractivity contribution >= 4 is 11.7 Å². The van der Waals surface area contributed by atoms with Crippen LogP contribution in [0.2, 0.25) is 0 Å². The molecule has 0 radical (unpaired) electrons. The highest BCUT2D eigenvalue weighted by molar-refractivity contribution is 5.79. The Bertz CT molecular complexity index is 1550. The summed E-state index contributed by atoms with van der Waals surface area (Å²) in [5, 5.41) is 25.1. The lowest BCUT2D eigenvalue weighted by Crippen LogP contribution is -2.62. The number of ether oxygens (including phenoxy) is 2. The molecule has 4 aromatic rings. The van der Waals surface area contributed by atoms with E-state index in [0.717, 1.165) is 0 Å². The minimum atomic E-state index is -1.21. The van der Waals surface area contributed by atoms with E-state index in [9.17, 15) is 15.2 Å². The van der Waals surface area contributed by atoms with Crippen molar-refractivity contribution in [3.8, 4) is 17.2 Å². The van der Waals surface area contributed by atoms with E-state index in [-0.39, 0.29) is 43.5 Å². The van der Waals surface area contributed by atoms with Gasteiger partial charge >= 0.3 is 6.09 Å². The van der Waals surface area contributed by atoms with Crippen molar-refractivity contribution in [1.82, 2.24) is 19.5 Å². The zero-order valence-electron chi connectivity index (χ0n) is 20.5. The number of rotatable bonds is 3. The number of carbonyl (C=O) groups excluding carboxylic acids is 1. The number of benzene rings is 2. The normalized spacial score (nSPS) is 24.1. The van der Waals surface area contributed by atoms with Gasteiger partial charge in [-0.1, -0.05) is 48.5 Å². The quantitative estimate of drug-likeness (QED) is 0.451. The first-order valence-electron chi connectivity index (χ1n) is 12.7. The van der Waals surface area contributed by atoms with E-state index < -0.39 is 5.60 Å². The molecule has 9 nitrogen and oxygen atoms in total. The number of fused-ring (bicyclic) bond motifs is 6. The Morgan fingerprint density at radius 2 is 1.74 bits per heavy atom. The fourth-order valence-corrected chi connectivity index (χ4v) is 6.37. The van der Waals surface area contributed by atoms with Gasteiger partial charge in [-0.05, 0) is 22.3 Å². The Hall–Kier alpha value is -4.26. The number of piperidine rings is 1. The molecule has 0 saturated carbocycles. The van der Waals surface area contributed by atoms with Gasteiger partial charge < -0.3 is 14.6 Å². The minimum absolute atomic E-state index is 0.0191. The van der Waals surface area contributed by atoms with Crippen molar-refractivity contribution < 1.29 is 19.4 Å². The summed E-state index contributed by atoms with van der Waals surface area (Å²) >= 11 is 0. The predicted octanol–water partition coefficient (Wildman–Crippen LogP) is 3.60. The Morgan fingerprint density at radius 3 is 2.39 bits per heavy atom. The molecule has 2 aromatic carbocycles. The molecule has 2 saturated heterocycles. The van der Waals surface area contributed by atoms with Crippen molar-refractivity contribution in [2.45, 2.75) is 36.4 Å². The van der Waals surface area contributed by atoms with Crippen LogP contribution in [0.5, 0.6) is 0 Å². The molecule has 0 spiro atoms. The average molecular weight is 508 g/mol. The molecule has 2 atom stereocenters. The lowest BCUT2D eigenvalue weighted by Gasteiger charge is -2.50. The maximum absolute atomic E-state index is 13.5. The number of nitrogens with zero attached hydrogens (tertiary/aromatic N) is 5. The second-order valence-corrected chi connectivity index (χ2v) is 10.3. The fraction of sp³-hybridized carbons (Fsp3) is 0.310. The molecule has 4 heterocycles. The van der Waals surface area contributed by atoms with E-state index in [1.54, 1.807) is 17.3 Å². The number of hydrogen-bond acceptors (Lipinski definition) is 7. The largest absolute Gasteiger partial charge is 0.448 e. The van der Waals surface area contributed by atoms with Gasteiger partial charge in [-0.15, -0.1) is 0 Å². The third-order valence-corrected chi connectivity index (χ3v) is 8.11. The van der Waals surface area contributed by atoms with E-state index in [1.807, 2.05) is 24.3 Å². The molecular weight excluding hydrogens is 482 g/mol. The number of aromatic nitrogens is 3. The lowest BCUT2D eigenvalue weighted by molar-refractivity contribution is -0.136. The van der Waals surface area contributed by atoms with Crippen LogP contribution in [0.1, 0.15) is 41.0 Å². The first-order chi connectivity index (χ1) is 18.6. The molecule has 190 valence electrons. The number of hydrogen-bond donors (Lipinski definition) is 1. The molecule has 3 aliphatic rings. The SMILES string of the molecule is N#Cc1cnn2cc(C3(O)CC4COCC(C3)N4C(=O)OCC3c4ccccc4-c4ccccc43)cnc12. The van der Waals surface area contributed by atoms with Gasteiger partial charge in [-0.2, -0.15) is 10.4 Å². The van der Waals surface area contributed by atoms with Gasteiger partial charge in [0.2, 0.25) is 0 Å². The predicted molar refractivity (Wildman–Crippen MR) is 136 cm³/mol. The van der Waals surface area contributed by atoms with E-state index in [4.69, 9.17) is 9.47 Å². The molecule has 2 aliphatic heterocycles. The van der Waals surface area contributed by atoms with Gasteiger partial charge in [0.15, 0.2) is 5.65 Å². The van der Waals surface area contributed by atoms with E-state index in [0.29, 0.717) is 30.0 Å². The molecule has 38 heavy (non-hydrogen) atoms. The Balaban J connectivity index is 1.11. The van der Waals surface area contributed by atoms with Crippen LogP contribution in [0.3, 0.4) is 0 Å². The van der Waals surface area contributed by atoms with Crippen LogP contribution in [0.15, 0.2) is 67.1 Å². The maximum Gasteiger partial charge on any atom is 0.410 e. The summed E-state index contributed by atoms with van der Waals surface area (Å²) in [4.78, 5) is 19.6. The van der Waals surface area contributed by atoms with Crippen LogP contribution in [0, 0.1) is 11.3 Å². The summed E-state index contributed by atoms with van der Waals surface area (Å²) in [6.45, 7) is 0.882. The summed E-state index contributed by atoms with van der Waals surface area (Å²) in [5.41, 5.74) is 4.90. The third-order valence-electron chi connectivity index (χ3n) is 8.11. The first-order valence-corrected chi connectivity index (χ1v) is 12.7. The third kappa shape index (κ3) is 3.49. The second-order valence-electron chi connectivity index (χ2n) is 10.3. The molecule has 7 rings (SSSR count). The number of amides is 1. The van der Waals surface area contributed by atoms with Crippen LogP contribution in [0.25, 0.3) is 16.8 Å². The zero-order valence-corrected chi connectivity index (χ0v) is 20.5. The number of morpholine rings is 1. The standard InChI is InChI=1S/C29H25N5O4/c30-11-18-12-32-33-14-19(13-31-27(18)33)29(36)9-20-15-37-16-21(10-29)34(20)28(35)38-17-26-24-7-3-1-5-22(24)23-6-2-4-8-25(23)26/h1-8,12-14,20-21,26,36H,9-10,15-17H2. The molecule has 1 amide bonds. The van der Waals surface area contributed by atoms with Crippen molar-refractivity contribution in [1.29, 1.82) is 5.26 Å². The monoisotopic (exact) mass is 507 g/mol. The van der Waals surface area contributed by atoms with Crippen LogP contribution >= 0.6 is 0 Å². The average Bonchev–Trinajstić information content (AvgIpc) is 3.49. The Morgan fingerprint density at radius 1 is 1.08 bits per heavy atom. The van der Waals surface area contributed by atoms with Crippen LogP contribution in [0.4, 0.5) is 4.79 Å². The molecule has 2 bridgehead atoms. The fourth-order valence-electron chi connectivity index (χ4n) is 6.37. The lowest BCUT2D eigenvalue weighted by atomic mass is 9.78. The number of carbonyl (C=O) groups is 1. The van der Waals surface area contributed by atoms with Gasteiger partial charge in [0.25, 0.3) is 0 Å². The molecule has 9 heteroatoms. The topological polar surface area (TPSA) is 113 Å². The van der Waals surface area contributed by atoms with Crippen molar-refractivity contribution in [2.24, 2.45) is 0 Å². The molecular formula is C29H25N5O4. The van der Waals surface area contributed by atoms with Gasteiger partial charge in [0.05, 0.1) is 37.1 Å². The van der Waals surface area contributed by atoms with E-state index in [1.165, 1.54) is 33.0 Å². The highest BCUT2D eigenvalue weighted by Gasteiger charge is 2.50. The molecule has 2 unspecified atom stereocenters. The van der Waals surface area contributed by atoms with Crippen molar-refractivity contribution in [3.05, 3.63) is 89.4 Å². The summed E-state index contributed by atoms with van der Waals surface area (Å²) in [6.07, 6.45) is 4.95. The molecule has 1 N–H and O–H groups in total. The summed E-state index contributed by atoms with van der Waals surface area (Å²) in [6, 6.07) is 17.9. The summed E-state index contributed by atoms with van der Waals surface area (Å²) in [5.74, 6) is -0.0191. The Kier molecular flexibility index (Phi) is 5.21. The van der Waals surface area contributed by atoms with Crippen LogP contribution in [-0.2, 0) is 15.1 Å². The highest BCUT2D eigenvalue weighted by atomic mass is 16.6. The van der Waals surface area contributed by atoms with E-state index >= 15 is 0 Å².